The van der Waals surface area contributed by atoms with Gasteiger partial charge in [-0.2, -0.15) is 0 Å². The van der Waals surface area contributed by atoms with Crippen LogP contribution in [-0.4, -0.2) is 71.6 Å². The highest BCUT2D eigenvalue weighted by molar-refractivity contribution is 5.68. The Bertz CT molecular complexity index is 905. The number of carbonyl (C=O) groups is 2. The monoisotopic (exact) mass is 454 g/mol. The van der Waals surface area contributed by atoms with Gasteiger partial charge in [-0.05, 0) is 11.1 Å². The first-order valence-corrected chi connectivity index (χ1v) is 11.2. The van der Waals surface area contributed by atoms with Gasteiger partial charge in [0.15, 0.2) is 0 Å². The first-order chi connectivity index (χ1) is 16.0. The Morgan fingerprint density at radius 2 is 1.27 bits per heavy atom. The van der Waals surface area contributed by atoms with E-state index in [0.29, 0.717) is 32.8 Å². The summed E-state index contributed by atoms with van der Waals surface area (Å²) in [5, 5.41) is 9.55. The zero-order valence-electron chi connectivity index (χ0n) is 18.7. The summed E-state index contributed by atoms with van der Waals surface area (Å²) in [6.07, 6.45) is -0.482. The number of rotatable bonds is 4. The van der Waals surface area contributed by atoms with Gasteiger partial charge >= 0.3 is 12.2 Å². The van der Waals surface area contributed by atoms with E-state index in [1.807, 2.05) is 67.6 Å². The van der Waals surface area contributed by atoms with Gasteiger partial charge in [0.05, 0.1) is 25.7 Å². The van der Waals surface area contributed by atoms with E-state index in [1.165, 1.54) is 0 Å². The maximum absolute atomic E-state index is 11.7. The second-order valence-electron chi connectivity index (χ2n) is 8.65. The minimum Gasteiger partial charge on any atom is -0.445 e. The SMILES string of the molecule is C[C@H]1CN(C(=O)OCc2ccccc2)C[C@@H]1O.O=C(OCc1ccccc1)N1CC2OC2C1. The number of hydrogen-bond acceptors (Lipinski definition) is 6. The van der Waals surface area contributed by atoms with Crippen molar-refractivity contribution in [2.45, 2.75) is 38.4 Å². The number of carbonyl (C=O) groups excluding carboxylic acids is 2. The van der Waals surface area contributed by atoms with E-state index in [4.69, 9.17) is 14.2 Å². The maximum atomic E-state index is 11.7. The van der Waals surface area contributed by atoms with E-state index in [9.17, 15) is 14.7 Å². The number of β-amino-alcohol motifs (C(OH)–C–C–N with tert-alkyl or cyclic N) is 1. The Morgan fingerprint density at radius 1 is 0.818 bits per heavy atom. The Morgan fingerprint density at radius 3 is 1.70 bits per heavy atom. The number of aliphatic hydroxyl groups excluding tert-OH is 1. The fourth-order valence-corrected chi connectivity index (χ4v) is 3.88. The quantitative estimate of drug-likeness (QED) is 0.714. The zero-order valence-corrected chi connectivity index (χ0v) is 18.7. The van der Waals surface area contributed by atoms with Crippen molar-refractivity contribution in [1.29, 1.82) is 0 Å². The summed E-state index contributed by atoms with van der Waals surface area (Å²) in [5.41, 5.74) is 1.98. The standard InChI is InChI=1S/C13H17NO3.C12H13NO3/c1-10-7-14(8-12(10)15)13(16)17-9-11-5-3-2-4-6-11;14-12(13-6-10-11(7-13)16-10)15-8-9-4-2-1-3-5-9/h2-6,10,12,15H,7-9H2,1H3;1-5,10-11H,6-8H2/t10-,12-;/m0./s1. The summed E-state index contributed by atoms with van der Waals surface area (Å²) in [5.74, 6) is 0.124. The van der Waals surface area contributed by atoms with E-state index in [2.05, 4.69) is 0 Å². The van der Waals surface area contributed by atoms with Crippen LogP contribution in [0.4, 0.5) is 9.59 Å². The first kappa shape index (κ1) is 23.1. The van der Waals surface area contributed by atoms with Crippen LogP contribution in [0.15, 0.2) is 60.7 Å². The average Bonchev–Trinajstić information content (AvgIpc) is 3.30. The number of aliphatic hydroxyl groups is 1. The second kappa shape index (κ2) is 10.7. The largest absolute Gasteiger partial charge is 0.445 e. The lowest BCUT2D eigenvalue weighted by atomic mass is 10.1. The molecule has 2 aromatic carbocycles. The molecule has 3 fully saturated rings. The number of benzene rings is 2. The summed E-state index contributed by atoms with van der Waals surface area (Å²) in [7, 11) is 0. The van der Waals surface area contributed by atoms with Crippen LogP contribution >= 0.6 is 0 Å². The molecule has 2 aromatic rings. The predicted molar refractivity (Wildman–Crippen MR) is 120 cm³/mol. The molecule has 0 aliphatic carbocycles. The first-order valence-electron chi connectivity index (χ1n) is 11.2. The summed E-state index contributed by atoms with van der Waals surface area (Å²) in [6.45, 7) is 4.84. The third-order valence-corrected chi connectivity index (χ3v) is 5.99. The summed E-state index contributed by atoms with van der Waals surface area (Å²) < 4.78 is 15.6. The van der Waals surface area contributed by atoms with Crippen LogP contribution in [-0.2, 0) is 27.4 Å². The van der Waals surface area contributed by atoms with Gasteiger partial charge < -0.3 is 29.1 Å². The Labute approximate surface area is 193 Å². The van der Waals surface area contributed by atoms with Gasteiger partial charge in [-0.25, -0.2) is 9.59 Å². The van der Waals surface area contributed by atoms with Crippen molar-refractivity contribution in [3.63, 3.8) is 0 Å². The van der Waals surface area contributed by atoms with Gasteiger partial charge in [-0.1, -0.05) is 67.6 Å². The van der Waals surface area contributed by atoms with Gasteiger partial charge in [-0.3, -0.25) is 0 Å². The van der Waals surface area contributed by atoms with Gasteiger partial charge in [0, 0.05) is 12.5 Å². The van der Waals surface area contributed by atoms with E-state index in [0.717, 1.165) is 11.1 Å². The molecule has 176 valence electrons. The van der Waals surface area contributed by atoms with E-state index < -0.39 is 6.10 Å². The lowest BCUT2D eigenvalue weighted by Crippen LogP contribution is -2.32. The number of likely N-dealkylation sites (tertiary alicyclic amines) is 2. The van der Waals surface area contributed by atoms with Gasteiger partial charge in [0.2, 0.25) is 0 Å². The lowest BCUT2D eigenvalue weighted by Gasteiger charge is -2.16. The molecule has 3 heterocycles. The highest BCUT2D eigenvalue weighted by atomic mass is 16.6. The van der Waals surface area contributed by atoms with E-state index in [-0.39, 0.29) is 36.9 Å². The van der Waals surface area contributed by atoms with Crippen LogP contribution in [0, 0.1) is 5.92 Å². The minimum atomic E-state index is -0.431. The number of amides is 2. The number of nitrogens with zero attached hydrogens (tertiary/aromatic N) is 2. The number of morpholine rings is 1. The lowest BCUT2D eigenvalue weighted by molar-refractivity contribution is 0.0902. The highest BCUT2D eigenvalue weighted by Crippen LogP contribution is 2.30. The molecule has 2 unspecified atom stereocenters. The Balaban J connectivity index is 0.000000157. The van der Waals surface area contributed by atoms with Crippen molar-refractivity contribution in [1.82, 2.24) is 9.80 Å². The molecule has 0 spiro atoms. The van der Waals surface area contributed by atoms with Crippen molar-refractivity contribution in [3.05, 3.63) is 71.8 Å². The van der Waals surface area contributed by atoms with Crippen LogP contribution in [0.2, 0.25) is 0 Å². The number of fused-ring (bicyclic) bond motifs is 1. The molecule has 33 heavy (non-hydrogen) atoms. The number of epoxide rings is 1. The van der Waals surface area contributed by atoms with Crippen LogP contribution in [0.3, 0.4) is 0 Å². The Hall–Kier alpha value is -3.10. The van der Waals surface area contributed by atoms with Crippen LogP contribution in [0.1, 0.15) is 18.1 Å². The zero-order chi connectivity index (χ0) is 23.2. The molecule has 0 radical (unpaired) electrons. The van der Waals surface area contributed by atoms with E-state index >= 15 is 0 Å². The molecule has 8 nitrogen and oxygen atoms in total. The predicted octanol–water partition coefficient (Wildman–Crippen LogP) is 3.04. The average molecular weight is 455 g/mol. The van der Waals surface area contributed by atoms with E-state index in [1.54, 1.807) is 9.80 Å². The molecular weight excluding hydrogens is 424 g/mol. The molecule has 3 saturated heterocycles. The van der Waals surface area contributed by atoms with Crippen molar-refractivity contribution < 1.29 is 28.9 Å². The normalized spacial score (nSPS) is 25.0. The number of ether oxygens (including phenoxy) is 3. The molecule has 1 N–H and O–H groups in total. The molecule has 5 rings (SSSR count). The third-order valence-electron chi connectivity index (χ3n) is 5.99. The fourth-order valence-electron chi connectivity index (χ4n) is 3.88. The molecule has 0 saturated carbocycles. The fraction of sp³-hybridized carbons (Fsp3) is 0.440. The maximum Gasteiger partial charge on any atom is 0.410 e. The summed E-state index contributed by atoms with van der Waals surface area (Å²) in [6, 6.07) is 19.2. The van der Waals surface area contributed by atoms with Crippen molar-refractivity contribution in [2.75, 3.05) is 26.2 Å². The molecule has 3 aliphatic heterocycles. The Kier molecular flexibility index (Phi) is 7.47. The smallest absolute Gasteiger partial charge is 0.410 e. The summed E-state index contributed by atoms with van der Waals surface area (Å²) in [4.78, 5) is 26.6. The molecular formula is C25H30N2O6. The van der Waals surface area contributed by atoms with Crippen LogP contribution < -0.4 is 0 Å². The molecule has 3 aliphatic rings. The van der Waals surface area contributed by atoms with Crippen molar-refractivity contribution in [3.8, 4) is 0 Å². The van der Waals surface area contributed by atoms with Gasteiger partial charge in [-0.15, -0.1) is 0 Å². The number of hydrogen-bond donors (Lipinski definition) is 1. The van der Waals surface area contributed by atoms with Crippen molar-refractivity contribution >= 4 is 12.2 Å². The molecule has 4 atom stereocenters. The molecule has 2 amide bonds. The molecule has 0 bridgehead atoms. The van der Waals surface area contributed by atoms with Crippen LogP contribution in [0.5, 0.6) is 0 Å². The van der Waals surface area contributed by atoms with Crippen LogP contribution in [0.25, 0.3) is 0 Å². The minimum absolute atomic E-state index is 0.124. The molecule has 0 aromatic heterocycles. The van der Waals surface area contributed by atoms with Gasteiger partial charge in [0.25, 0.3) is 0 Å². The topological polar surface area (TPSA) is 91.8 Å². The summed E-state index contributed by atoms with van der Waals surface area (Å²) >= 11 is 0. The van der Waals surface area contributed by atoms with Gasteiger partial charge in [0.1, 0.15) is 25.4 Å². The third kappa shape index (κ3) is 6.46. The molecule has 8 heteroatoms. The highest BCUT2D eigenvalue weighted by Gasteiger charge is 2.49. The second-order valence-corrected chi connectivity index (χ2v) is 8.65. The van der Waals surface area contributed by atoms with Crippen molar-refractivity contribution in [2.24, 2.45) is 5.92 Å².